The topological polar surface area (TPSA) is 58.6 Å². The number of hydrogen-bond donors (Lipinski definition) is 1. The number of carbonyl (C=O) groups is 2. The second-order valence-corrected chi connectivity index (χ2v) is 4.88. The number of hydrogen-bond acceptors (Lipinski definition) is 3. The SMILES string of the molecule is COc1ccc(F)c(N2CC(=O)NC(C)(C)C2=O)c1. The van der Waals surface area contributed by atoms with Crippen LogP contribution in [0.3, 0.4) is 0 Å². The average molecular weight is 266 g/mol. The average Bonchev–Trinajstić information content (AvgIpc) is 2.34. The summed E-state index contributed by atoms with van der Waals surface area (Å²) in [6, 6.07) is 4.07. The molecule has 2 rings (SSSR count). The molecule has 1 aromatic carbocycles. The van der Waals surface area contributed by atoms with Gasteiger partial charge in [0.05, 0.1) is 12.8 Å². The van der Waals surface area contributed by atoms with E-state index in [2.05, 4.69) is 5.32 Å². The molecule has 2 amide bonds. The van der Waals surface area contributed by atoms with E-state index >= 15 is 0 Å². The van der Waals surface area contributed by atoms with Crippen LogP contribution in [0.25, 0.3) is 0 Å². The zero-order valence-electron chi connectivity index (χ0n) is 11.0. The lowest BCUT2D eigenvalue weighted by atomic mass is 10.00. The van der Waals surface area contributed by atoms with Gasteiger partial charge in [0, 0.05) is 6.07 Å². The van der Waals surface area contributed by atoms with Crippen molar-refractivity contribution in [2.24, 2.45) is 0 Å². The van der Waals surface area contributed by atoms with Crippen LogP contribution >= 0.6 is 0 Å². The van der Waals surface area contributed by atoms with Crippen molar-refractivity contribution >= 4 is 17.5 Å². The van der Waals surface area contributed by atoms with E-state index in [9.17, 15) is 14.0 Å². The molecule has 6 heteroatoms. The number of methoxy groups -OCH3 is 1. The summed E-state index contributed by atoms with van der Waals surface area (Å²) in [5, 5.41) is 2.57. The van der Waals surface area contributed by atoms with E-state index in [1.807, 2.05) is 0 Å². The fraction of sp³-hybridized carbons (Fsp3) is 0.385. The number of carbonyl (C=O) groups excluding carboxylic acids is 2. The standard InChI is InChI=1S/C13H15FN2O3/c1-13(2)12(18)16(7-11(17)15-13)10-6-8(19-3)4-5-9(10)14/h4-6H,7H2,1-3H3,(H,15,17). The predicted molar refractivity (Wildman–Crippen MR) is 67.5 cm³/mol. The van der Waals surface area contributed by atoms with Crippen LogP contribution in [0.5, 0.6) is 5.75 Å². The smallest absolute Gasteiger partial charge is 0.252 e. The first-order valence-corrected chi connectivity index (χ1v) is 5.81. The van der Waals surface area contributed by atoms with E-state index < -0.39 is 11.4 Å². The van der Waals surface area contributed by atoms with Crippen LogP contribution in [-0.4, -0.2) is 31.0 Å². The number of benzene rings is 1. The highest BCUT2D eigenvalue weighted by Gasteiger charge is 2.40. The summed E-state index contributed by atoms with van der Waals surface area (Å²) in [7, 11) is 1.45. The van der Waals surface area contributed by atoms with E-state index in [0.29, 0.717) is 5.75 Å². The maximum absolute atomic E-state index is 13.9. The molecule has 0 spiro atoms. The lowest BCUT2D eigenvalue weighted by molar-refractivity contribution is -0.134. The zero-order valence-corrected chi connectivity index (χ0v) is 11.0. The van der Waals surface area contributed by atoms with Crippen molar-refractivity contribution in [2.45, 2.75) is 19.4 Å². The number of rotatable bonds is 2. The van der Waals surface area contributed by atoms with Gasteiger partial charge in [0.2, 0.25) is 5.91 Å². The third kappa shape index (κ3) is 2.38. The van der Waals surface area contributed by atoms with E-state index in [-0.39, 0.29) is 24.0 Å². The molecular formula is C13H15FN2O3. The molecule has 0 aromatic heterocycles. The van der Waals surface area contributed by atoms with Crippen LogP contribution in [0.4, 0.5) is 10.1 Å². The minimum Gasteiger partial charge on any atom is -0.497 e. The maximum Gasteiger partial charge on any atom is 0.252 e. The number of halogens is 1. The van der Waals surface area contributed by atoms with Gasteiger partial charge in [-0.25, -0.2) is 4.39 Å². The molecule has 0 bridgehead atoms. The van der Waals surface area contributed by atoms with Gasteiger partial charge in [-0.3, -0.25) is 14.5 Å². The molecule has 0 atom stereocenters. The van der Waals surface area contributed by atoms with Crippen LogP contribution in [0, 0.1) is 5.82 Å². The highest BCUT2D eigenvalue weighted by Crippen LogP contribution is 2.28. The second-order valence-electron chi connectivity index (χ2n) is 4.88. The molecule has 0 unspecified atom stereocenters. The summed E-state index contributed by atoms with van der Waals surface area (Å²) >= 11 is 0. The first-order chi connectivity index (χ1) is 8.85. The Morgan fingerprint density at radius 1 is 1.37 bits per heavy atom. The van der Waals surface area contributed by atoms with Gasteiger partial charge < -0.3 is 10.1 Å². The van der Waals surface area contributed by atoms with Gasteiger partial charge in [0.15, 0.2) is 0 Å². The third-order valence-corrected chi connectivity index (χ3v) is 2.98. The lowest BCUT2D eigenvalue weighted by Gasteiger charge is -2.37. The van der Waals surface area contributed by atoms with E-state index in [4.69, 9.17) is 4.74 Å². The molecular weight excluding hydrogens is 251 g/mol. The Balaban J connectivity index is 2.45. The van der Waals surface area contributed by atoms with E-state index in [0.717, 1.165) is 4.90 Å². The molecule has 1 fully saturated rings. The van der Waals surface area contributed by atoms with Crippen LogP contribution in [0.15, 0.2) is 18.2 Å². The number of piperazine rings is 1. The van der Waals surface area contributed by atoms with Crippen molar-refractivity contribution < 1.29 is 18.7 Å². The third-order valence-electron chi connectivity index (χ3n) is 2.98. The zero-order chi connectivity index (χ0) is 14.2. The molecule has 1 heterocycles. The number of ether oxygens (including phenoxy) is 1. The van der Waals surface area contributed by atoms with Gasteiger partial charge in [-0.05, 0) is 26.0 Å². The van der Waals surface area contributed by atoms with Crippen LogP contribution in [0.1, 0.15) is 13.8 Å². The molecule has 1 aliphatic heterocycles. The van der Waals surface area contributed by atoms with Crippen LogP contribution < -0.4 is 15.0 Å². The largest absolute Gasteiger partial charge is 0.497 e. The quantitative estimate of drug-likeness (QED) is 0.871. The summed E-state index contributed by atoms with van der Waals surface area (Å²) in [4.78, 5) is 25.0. The van der Waals surface area contributed by atoms with Crippen molar-refractivity contribution in [3.63, 3.8) is 0 Å². The summed E-state index contributed by atoms with van der Waals surface area (Å²) < 4.78 is 18.9. The molecule has 1 N–H and O–H groups in total. The highest BCUT2D eigenvalue weighted by molar-refractivity contribution is 6.08. The molecule has 19 heavy (non-hydrogen) atoms. The fourth-order valence-electron chi connectivity index (χ4n) is 2.02. The van der Waals surface area contributed by atoms with Gasteiger partial charge in [0.1, 0.15) is 23.7 Å². The number of nitrogens with zero attached hydrogens (tertiary/aromatic N) is 1. The molecule has 0 aliphatic carbocycles. The fourth-order valence-corrected chi connectivity index (χ4v) is 2.02. The van der Waals surface area contributed by atoms with Gasteiger partial charge in [-0.1, -0.05) is 0 Å². The minimum absolute atomic E-state index is 0.0484. The Hall–Kier alpha value is -2.11. The van der Waals surface area contributed by atoms with Crippen molar-refractivity contribution in [1.29, 1.82) is 0 Å². The van der Waals surface area contributed by atoms with Crippen LogP contribution in [0.2, 0.25) is 0 Å². The molecule has 0 radical (unpaired) electrons. The lowest BCUT2D eigenvalue weighted by Crippen LogP contribution is -2.64. The van der Waals surface area contributed by atoms with Crippen LogP contribution in [-0.2, 0) is 9.59 Å². The predicted octanol–water partition coefficient (Wildman–Crippen LogP) is 1.08. The Labute approximate surface area is 110 Å². The highest BCUT2D eigenvalue weighted by atomic mass is 19.1. The molecule has 5 nitrogen and oxygen atoms in total. The first kappa shape index (κ1) is 13.3. The molecule has 102 valence electrons. The summed E-state index contributed by atoms with van der Waals surface area (Å²) in [5.41, 5.74) is -1.00. The Morgan fingerprint density at radius 3 is 2.68 bits per heavy atom. The number of nitrogens with one attached hydrogen (secondary N) is 1. The van der Waals surface area contributed by atoms with Crippen molar-refractivity contribution in [1.82, 2.24) is 5.32 Å². The molecule has 1 saturated heterocycles. The first-order valence-electron chi connectivity index (χ1n) is 5.81. The van der Waals surface area contributed by atoms with Gasteiger partial charge >= 0.3 is 0 Å². The monoisotopic (exact) mass is 266 g/mol. The molecule has 1 aliphatic rings. The summed E-state index contributed by atoms with van der Waals surface area (Å²) in [5.74, 6) is -0.835. The second kappa shape index (κ2) is 4.53. The Bertz CT molecular complexity index is 543. The van der Waals surface area contributed by atoms with Crippen molar-refractivity contribution in [3.8, 4) is 5.75 Å². The number of anilines is 1. The summed E-state index contributed by atoms with van der Waals surface area (Å²) in [6.07, 6.45) is 0. The van der Waals surface area contributed by atoms with Crippen molar-refractivity contribution in [3.05, 3.63) is 24.0 Å². The Morgan fingerprint density at radius 2 is 2.05 bits per heavy atom. The van der Waals surface area contributed by atoms with E-state index in [1.54, 1.807) is 13.8 Å². The number of amides is 2. The molecule has 1 aromatic rings. The maximum atomic E-state index is 13.9. The minimum atomic E-state index is -1.05. The van der Waals surface area contributed by atoms with Gasteiger partial charge in [0.25, 0.3) is 5.91 Å². The van der Waals surface area contributed by atoms with Crippen molar-refractivity contribution in [2.75, 3.05) is 18.6 Å². The van der Waals surface area contributed by atoms with Gasteiger partial charge in [-0.15, -0.1) is 0 Å². The van der Waals surface area contributed by atoms with Gasteiger partial charge in [-0.2, -0.15) is 0 Å². The van der Waals surface area contributed by atoms with E-state index in [1.165, 1.54) is 25.3 Å². The normalized spacial score (nSPS) is 18.2. The molecule has 0 saturated carbocycles. The summed E-state index contributed by atoms with van der Waals surface area (Å²) in [6.45, 7) is 2.96. The Kier molecular flexibility index (Phi) is 3.18.